The van der Waals surface area contributed by atoms with Crippen LogP contribution in [-0.2, 0) is 16.0 Å². The Labute approximate surface area is 200 Å². The molecule has 0 aliphatic rings. The molecule has 0 aliphatic carbocycles. The number of carbonyl (C=O) groups is 2. The molecular weight excluding hydrogens is 468 g/mol. The first-order valence-electron chi connectivity index (χ1n) is 11.3. The van der Waals surface area contributed by atoms with Crippen LogP contribution in [0.5, 0.6) is 5.75 Å². The predicted molar refractivity (Wildman–Crippen MR) is 133 cm³/mol. The number of rotatable bonds is 11. The van der Waals surface area contributed by atoms with Crippen molar-refractivity contribution in [2.24, 2.45) is 0 Å². The summed E-state index contributed by atoms with van der Waals surface area (Å²) in [5, 5.41) is 2.98. The van der Waals surface area contributed by atoms with Crippen molar-refractivity contribution in [1.29, 1.82) is 0 Å². The van der Waals surface area contributed by atoms with Crippen LogP contribution in [0.4, 0.5) is 0 Å². The van der Waals surface area contributed by atoms with E-state index in [0.29, 0.717) is 24.6 Å². The number of nitrogens with one attached hydrogen (secondary N) is 1. The van der Waals surface area contributed by atoms with Crippen LogP contribution < -0.4 is 10.1 Å². The van der Waals surface area contributed by atoms with Gasteiger partial charge in [0, 0.05) is 12.6 Å². The average molecular weight is 503 g/mol. The lowest BCUT2D eigenvalue weighted by Gasteiger charge is -2.29. The van der Waals surface area contributed by atoms with Crippen LogP contribution in [0.2, 0.25) is 0 Å². The predicted octanol–water partition coefficient (Wildman–Crippen LogP) is 5.33. The summed E-state index contributed by atoms with van der Waals surface area (Å²) in [5.41, 5.74) is 2.31. The maximum absolute atomic E-state index is 13.1. The zero-order valence-corrected chi connectivity index (χ0v) is 21.3. The molecule has 0 bridgehead atoms. The Kier molecular flexibility index (Phi) is 10.2. The van der Waals surface area contributed by atoms with Crippen LogP contribution in [-0.4, -0.2) is 41.9 Å². The highest BCUT2D eigenvalue weighted by Crippen LogP contribution is 2.29. The summed E-state index contributed by atoms with van der Waals surface area (Å²) in [4.78, 5) is 27.5. The first-order chi connectivity index (χ1) is 15.2. The second-order valence-corrected chi connectivity index (χ2v) is 9.30. The Morgan fingerprint density at radius 3 is 2.34 bits per heavy atom. The second-order valence-electron chi connectivity index (χ2n) is 8.45. The quantitative estimate of drug-likeness (QED) is 0.451. The van der Waals surface area contributed by atoms with E-state index >= 15 is 0 Å². The van der Waals surface area contributed by atoms with Crippen molar-refractivity contribution in [3.8, 4) is 5.75 Å². The normalized spacial score (nSPS) is 12.8. The van der Waals surface area contributed by atoms with Gasteiger partial charge in [0.2, 0.25) is 5.91 Å². The van der Waals surface area contributed by atoms with Gasteiger partial charge in [0.05, 0.1) is 4.47 Å². The fraction of sp³-hybridized carbons (Fsp3) is 0.462. The van der Waals surface area contributed by atoms with Crippen LogP contribution in [0, 0.1) is 0 Å². The Hall–Kier alpha value is -2.34. The van der Waals surface area contributed by atoms with Crippen molar-refractivity contribution in [3.63, 3.8) is 0 Å². The lowest BCUT2D eigenvalue weighted by Crippen LogP contribution is -2.51. The molecule has 2 rings (SSSR count). The first-order valence-corrected chi connectivity index (χ1v) is 12.1. The molecule has 5 nitrogen and oxygen atoms in total. The van der Waals surface area contributed by atoms with Crippen molar-refractivity contribution in [2.75, 3.05) is 13.2 Å². The number of carbonyl (C=O) groups excluding carboxylic acids is 2. The Bertz CT molecular complexity index is 886. The SMILES string of the molecule is CCC(C)NC(=O)C(C)N(CCc1ccccc1)C(=O)COc1ccc(C(C)C)cc1Br. The number of hydrogen-bond donors (Lipinski definition) is 1. The highest BCUT2D eigenvalue weighted by atomic mass is 79.9. The van der Waals surface area contributed by atoms with Gasteiger partial charge in [-0.2, -0.15) is 0 Å². The largest absolute Gasteiger partial charge is 0.483 e. The molecule has 0 aliphatic heterocycles. The van der Waals surface area contributed by atoms with Gasteiger partial charge in [-0.1, -0.05) is 57.2 Å². The summed E-state index contributed by atoms with van der Waals surface area (Å²) in [7, 11) is 0. The summed E-state index contributed by atoms with van der Waals surface area (Å²) in [5.74, 6) is 0.651. The Morgan fingerprint density at radius 2 is 1.75 bits per heavy atom. The molecule has 0 radical (unpaired) electrons. The van der Waals surface area contributed by atoms with Gasteiger partial charge in [0.15, 0.2) is 6.61 Å². The standard InChI is InChI=1S/C26H35BrN2O3/c1-6-19(4)28-26(31)20(5)29(15-14-21-10-8-7-9-11-21)25(30)17-32-24-13-12-22(18(2)3)16-23(24)27/h7-13,16,18-20H,6,14-15,17H2,1-5H3,(H,28,31). The van der Waals surface area contributed by atoms with E-state index < -0.39 is 6.04 Å². The highest BCUT2D eigenvalue weighted by molar-refractivity contribution is 9.10. The summed E-state index contributed by atoms with van der Waals surface area (Å²) >= 11 is 3.54. The lowest BCUT2D eigenvalue weighted by molar-refractivity contribution is -0.141. The molecule has 0 heterocycles. The van der Waals surface area contributed by atoms with Crippen molar-refractivity contribution in [3.05, 3.63) is 64.1 Å². The maximum atomic E-state index is 13.1. The molecule has 2 aromatic rings. The Morgan fingerprint density at radius 1 is 1.06 bits per heavy atom. The smallest absolute Gasteiger partial charge is 0.261 e. The number of ether oxygens (including phenoxy) is 1. The number of hydrogen-bond acceptors (Lipinski definition) is 3. The van der Waals surface area contributed by atoms with E-state index in [2.05, 4.69) is 35.1 Å². The number of benzene rings is 2. The van der Waals surface area contributed by atoms with E-state index in [0.717, 1.165) is 16.5 Å². The van der Waals surface area contributed by atoms with Crippen LogP contribution >= 0.6 is 15.9 Å². The fourth-order valence-electron chi connectivity index (χ4n) is 3.25. The molecule has 0 fully saturated rings. The minimum atomic E-state index is -0.587. The van der Waals surface area contributed by atoms with Crippen LogP contribution in [0.25, 0.3) is 0 Å². The van der Waals surface area contributed by atoms with Crippen molar-refractivity contribution >= 4 is 27.7 Å². The van der Waals surface area contributed by atoms with E-state index in [1.807, 2.05) is 62.4 Å². The third kappa shape index (κ3) is 7.66. The van der Waals surface area contributed by atoms with Gasteiger partial charge in [-0.3, -0.25) is 9.59 Å². The molecule has 174 valence electrons. The van der Waals surface area contributed by atoms with E-state index in [9.17, 15) is 9.59 Å². The molecule has 0 spiro atoms. The summed E-state index contributed by atoms with van der Waals surface area (Å²) < 4.78 is 6.64. The summed E-state index contributed by atoms with van der Waals surface area (Å²) in [6.07, 6.45) is 1.50. The molecule has 2 unspecified atom stereocenters. The molecule has 6 heteroatoms. The lowest BCUT2D eigenvalue weighted by atomic mass is 10.0. The molecule has 2 amide bonds. The van der Waals surface area contributed by atoms with E-state index in [4.69, 9.17) is 4.74 Å². The third-order valence-corrected chi connectivity index (χ3v) is 6.25. The van der Waals surface area contributed by atoms with Gasteiger partial charge in [0.25, 0.3) is 5.91 Å². The first kappa shape index (κ1) is 25.9. The van der Waals surface area contributed by atoms with Gasteiger partial charge in [-0.25, -0.2) is 0 Å². The number of halogens is 1. The van der Waals surface area contributed by atoms with Crippen LogP contribution in [0.1, 0.15) is 58.1 Å². The van der Waals surface area contributed by atoms with E-state index in [1.165, 1.54) is 5.56 Å². The van der Waals surface area contributed by atoms with Crippen molar-refractivity contribution in [1.82, 2.24) is 10.2 Å². The second kappa shape index (κ2) is 12.6. The van der Waals surface area contributed by atoms with Crippen molar-refractivity contribution < 1.29 is 14.3 Å². The van der Waals surface area contributed by atoms with E-state index in [-0.39, 0.29) is 24.5 Å². The molecule has 32 heavy (non-hydrogen) atoms. The number of nitrogens with zero attached hydrogens (tertiary/aromatic N) is 1. The molecule has 0 saturated carbocycles. The number of amides is 2. The molecule has 2 atom stereocenters. The van der Waals surface area contributed by atoms with Crippen LogP contribution in [0.15, 0.2) is 53.0 Å². The van der Waals surface area contributed by atoms with Crippen LogP contribution in [0.3, 0.4) is 0 Å². The molecule has 0 aromatic heterocycles. The molecule has 2 aromatic carbocycles. The van der Waals surface area contributed by atoms with Gasteiger partial charge in [-0.15, -0.1) is 0 Å². The van der Waals surface area contributed by atoms with Gasteiger partial charge in [0.1, 0.15) is 11.8 Å². The molecule has 1 N–H and O–H groups in total. The summed E-state index contributed by atoms with van der Waals surface area (Å²) in [6.45, 7) is 10.3. The van der Waals surface area contributed by atoms with E-state index in [1.54, 1.807) is 11.8 Å². The fourth-order valence-corrected chi connectivity index (χ4v) is 3.76. The molecular formula is C26H35BrN2O3. The van der Waals surface area contributed by atoms with Gasteiger partial charge < -0.3 is 15.0 Å². The van der Waals surface area contributed by atoms with Crippen molar-refractivity contribution in [2.45, 2.75) is 65.5 Å². The zero-order chi connectivity index (χ0) is 23.7. The zero-order valence-electron chi connectivity index (χ0n) is 19.7. The minimum absolute atomic E-state index is 0.0581. The average Bonchev–Trinajstić information content (AvgIpc) is 2.78. The third-order valence-electron chi connectivity index (χ3n) is 5.63. The van der Waals surface area contributed by atoms with Gasteiger partial charge >= 0.3 is 0 Å². The molecule has 0 saturated heterocycles. The highest BCUT2D eigenvalue weighted by Gasteiger charge is 2.27. The summed E-state index contributed by atoms with van der Waals surface area (Å²) in [6, 6.07) is 15.3. The maximum Gasteiger partial charge on any atom is 0.261 e. The topological polar surface area (TPSA) is 58.6 Å². The minimum Gasteiger partial charge on any atom is -0.483 e. The Balaban J connectivity index is 2.10. The van der Waals surface area contributed by atoms with Gasteiger partial charge in [-0.05, 0) is 71.8 Å². The monoisotopic (exact) mass is 502 g/mol.